The molecule has 5 nitrogen and oxygen atoms in total. The van der Waals surface area contributed by atoms with Gasteiger partial charge in [-0.2, -0.15) is 0 Å². The highest BCUT2D eigenvalue weighted by Gasteiger charge is 2.20. The van der Waals surface area contributed by atoms with Crippen LogP contribution in [0.2, 0.25) is 0 Å². The highest BCUT2D eigenvalue weighted by molar-refractivity contribution is 7.26. The van der Waals surface area contributed by atoms with Crippen molar-refractivity contribution in [2.45, 2.75) is 0 Å². The molecule has 0 unspecified atom stereocenters. The number of rotatable bonds is 5. The Hall–Kier alpha value is -7.41. The fraction of sp³-hybridized carbons (Fsp3) is 0. The predicted octanol–water partition coefficient (Wildman–Crippen LogP) is 14.4. The summed E-state index contributed by atoms with van der Waals surface area (Å²) in [6.45, 7) is 0. The van der Waals surface area contributed by atoms with E-state index >= 15 is 0 Å². The molecular weight excluding hydrogens is 719 g/mol. The Balaban J connectivity index is 1.08. The molecule has 6 heteroatoms. The Kier molecular flexibility index (Phi) is 7.03. The Morgan fingerprint density at radius 2 is 0.965 bits per heavy atom. The van der Waals surface area contributed by atoms with Gasteiger partial charge in [0.25, 0.3) is 0 Å². The van der Waals surface area contributed by atoms with E-state index in [2.05, 4.69) is 109 Å². The number of furan rings is 2. The summed E-state index contributed by atoms with van der Waals surface area (Å²) in [7, 11) is 0. The highest BCUT2D eigenvalue weighted by atomic mass is 32.1. The van der Waals surface area contributed by atoms with E-state index in [-0.39, 0.29) is 0 Å². The number of nitrogens with zero attached hydrogens (tertiary/aromatic N) is 3. The minimum atomic E-state index is 0.566. The van der Waals surface area contributed by atoms with Gasteiger partial charge in [-0.1, -0.05) is 121 Å². The molecule has 0 N–H and O–H groups in total. The maximum Gasteiger partial charge on any atom is 0.164 e. The zero-order valence-electron chi connectivity index (χ0n) is 30.3. The topological polar surface area (TPSA) is 65.0 Å². The zero-order chi connectivity index (χ0) is 37.5. The molecule has 0 amide bonds. The number of hydrogen-bond acceptors (Lipinski definition) is 6. The first-order valence-corrected chi connectivity index (χ1v) is 19.7. The lowest BCUT2D eigenvalue weighted by Crippen LogP contribution is -2.00. The van der Waals surface area contributed by atoms with E-state index in [9.17, 15) is 0 Å². The monoisotopic (exact) mass is 747 g/mol. The molecule has 0 aliphatic heterocycles. The lowest BCUT2D eigenvalue weighted by Gasteiger charge is -2.11. The molecule has 0 fully saturated rings. The van der Waals surface area contributed by atoms with Gasteiger partial charge in [-0.05, 0) is 76.9 Å². The summed E-state index contributed by atoms with van der Waals surface area (Å²) in [4.78, 5) is 15.4. The second-order valence-electron chi connectivity index (χ2n) is 14.3. The first-order valence-electron chi connectivity index (χ1n) is 18.9. The summed E-state index contributed by atoms with van der Waals surface area (Å²) in [6, 6.07) is 61.0. The molecule has 0 radical (unpaired) electrons. The Labute approximate surface area is 330 Å². The van der Waals surface area contributed by atoms with E-state index in [0.29, 0.717) is 17.5 Å². The van der Waals surface area contributed by atoms with Crippen molar-refractivity contribution in [3.63, 3.8) is 0 Å². The average molecular weight is 748 g/mol. The second kappa shape index (κ2) is 12.6. The molecule has 0 saturated heterocycles. The van der Waals surface area contributed by atoms with Crippen LogP contribution < -0.4 is 0 Å². The van der Waals surface area contributed by atoms with Gasteiger partial charge in [0.1, 0.15) is 22.3 Å². The third-order valence-electron chi connectivity index (χ3n) is 10.9. The van der Waals surface area contributed by atoms with Crippen LogP contribution in [-0.4, -0.2) is 15.0 Å². The van der Waals surface area contributed by atoms with Crippen LogP contribution in [0.1, 0.15) is 0 Å². The smallest absolute Gasteiger partial charge is 0.164 e. The Bertz CT molecular complexity index is 3530. The van der Waals surface area contributed by atoms with Crippen molar-refractivity contribution >= 4 is 75.4 Å². The third-order valence-corrected chi connectivity index (χ3v) is 12.1. The fourth-order valence-corrected chi connectivity index (χ4v) is 9.44. The average Bonchev–Trinajstić information content (AvgIpc) is 3.97. The number of benzene rings is 8. The summed E-state index contributed by atoms with van der Waals surface area (Å²) in [6.07, 6.45) is 0. The predicted molar refractivity (Wildman–Crippen MR) is 234 cm³/mol. The number of aromatic nitrogens is 3. The first-order chi connectivity index (χ1) is 28.2. The lowest BCUT2D eigenvalue weighted by molar-refractivity contribution is 0.668. The lowest BCUT2D eigenvalue weighted by atomic mass is 9.93. The molecule has 4 heterocycles. The molecule has 4 aromatic heterocycles. The largest absolute Gasteiger partial charge is 0.456 e. The van der Waals surface area contributed by atoms with Crippen molar-refractivity contribution in [3.05, 3.63) is 176 Å². The minimum Gasteiger partial charge on any atom is -0.456 e. The van der Waals surface area contributed by atoms with Crippen LogP contribution in [0.4, 0.5) is 0 Å². The second-order valence-corrected chi connectivity index (χ2v) is 15.4. The van der Waals surface area contributed by atoms with Gasteiger partial charge in [0.2, 0.25) is 0 Å². The molecule has 8 aromatic carbocycles. The van der Waals surface area contributed by atoms with Crippen molar-refractivity contribution in [3.8, 4) is 56.4 Å². The van der Waals surface area contributed by atoms with E-state index in [0.717, 1.165) is 66.1 Å². The van der Waals surface area contributed by atoms with E-state index < -0.39 is 0 Å². The summed E-state index contributed by atoms with van der Waals surface area (Å²) >= 11 is 1.84. The maximum absolute atomic E-state index is 6.57. The quantitative estimate of drug-likeness (QED) is 0.175. The molecular formula is C51H29N3O2S. The molecule has 57 heavy (non-hydrogen) atoms. The standard InChI is InChI=1S/C51H29N3O2S/c1-3-12-30(13-4-1)34-27-39(48-37-17-8-10-21-45(37)57-46(48)29-34)32-23-25-42-40(26-32)47-38(18-11-20-43(47)55-42)51-53-49(31-14-5-2-6-15-31)52-50(54-51)33-22-24-36-35-16-7-9-19-41(35)56-44(36)28-33/h1-29H. The summed E-state index contributed by atoms with van der Waals surface area (Å²) in [5, 5.41) is 6.62. The van der Waals surface area contributed by atoms with Gasteiger partial charge in [-0.15, -0.1) is 11.3 Å². The van der Waals surface area contributed by atoms with Crippen molar-refractivity contribution in [1.29, 1.82) is 0 Å². The van der Waals surface area contributed by atoms with Gasteiger partial charge in [0.15, 0.2) is 17.5 Å². The van der Waals surface area contributed by atoms with Crippen LogP contribution in [0.3, 0.4) is 0 Å². The molecule has 12 aromatic rings. The molecule has 0 atom stereocenters. The van der Waals surface area contributed by atoms with Gasteiger partial charge in [0.05, 0.1) is 0 Å². The van der Waals surface area contributed by atoms with E-state index in [4.69, 9.17) is 23.8 Å². The van der Waals surface area contributed by atoms with Gasteiger partial charge >= 0.3 is 0 Å². The molecule has 0 aliphatic rings. The van der Waals surface area contributed by atoms with Crippen molar-refractivity contribution < 1.29 is 8.83 Å². The van der Waals surface area contributed by atoms with E-state index in [1.54, 1.807) is 0 Å². The van der Waals surface area contributed by atoms with Gasteiger partial charge < -0.3 is 8.83 Å². The molecule has 266 valence electrons. The SMILES string of the molecule is c1ccc(-c2cc(-c3ccc4oc5cccc(-c6nc(-c7ccccc7)nc(-c7ccc8c(c7)oc7ccccc78)n6)c5c4c3)c3c(c2)sc2ccccc23)cc1. The summed E-state index contributed by atoms with van der Waals surface area (Å²) < 4.78 is 15.4. The normalized spacial score (nSPS) is 11.9. The van der Waals surface area contributed by atoms with Crippen molar-refractivity contribution in [1.82, 2.24) is 15.0 Å². The maximum atomic E-state index is 6.57. The van der Waals surface area contributed by atoms with Gasteiger partial charge in [-0.25, -0.2) is 15.0 Å². The van der Waals surface area contributed by atoms with Crippen LogP contribution in [0.5, 0.6) is 0 Å². The third kappa shape index (κ3) is 5.19. The molecule has 0 aliphatic carbocycles. The molecule has 12 rings (SSSR count). The number of hydrogen-bond donors (Lipinski definition) is 0. The minimum absolute atomic E-state index is 0.566. The number of para-hydroxylation sites is 1. The molecule has 0 saturated carbocycles. The van der Waals surface area contributed by atoms with E-state index in [1.807, 2.05) is 78.1 Å². The fourth-order valence-electron chi connectivity index (χ4n) is 8.27. The molecule has 0 bridgehead atoms. The van der Waals surface area contributed by atoms with Crippen LogP contribution in [0.25, 0.3) is 120 Å². The van der Waals surface area contributed by atoms with Crippen LogP contribution >= 0.6 is 11.3 Å². The molecule has 0 spiro atoms. The summed E-state index contributed by atoms with van der Waals surface area (Å²) in [5.74, 6) is 1.73. The Morgan fingerprint density at radius 3 is 1.82 bits per heavy atom. The Morgan fingerprint density at radius 1 is 0.316 bits per heavy atom. The van der Waals surface area contributed by atoms with Crippen LogP contribution in [-0.2, 0) is 0 Å². The van der Waals surface area contributed by atoms with Gasteiger partial charge in [-0.3, -0.25) is 0 Å². The summed E-state index contributed by atoms with van der Waals surface area (Å²) in [5.41, 5.74) is 10.5. The highest BCUT2D eigenvalue weighted by Crippen LogP contribution is 2.45. The number of fused-ring (bicyclic) bond motifs is 9. The van der Waals surface area contributed by atoms with Crippen LogP contribution in [0.15, 0.2) is 185 Å². The first kappa shape index (κ1) is 31.9. The van der Waals surface area contributed by atoms with Crippen molar-refractivity contribution in [2.24, 2.45) is 0 Å². The number of thiophene rings is 1. The zero-order valence-corrected chi connectivity index (χ0v) is 31.1. The van der Waals surface area contributed by atoms with Crippen LogP contribution in [0, 0.1) is 0 Å². The van der Waals surface area contributed by atoms with E-state index in [1.165, 1.54) is 36.9 Å². The van der Waals surface area contributed by atoms with Crippen molar-refractivity contribution in [2.75, 3.05) is 0 Å². The van der Waals surface area contributed by atoms with Gasteiger partial charge in [0, 0.05) is 58.4 Å².